The van der Waals surface area contributed by atoms with E-state index in [0.29, 0.717) is 12.5 Å². The topological polar surface area (TPSA) is 64.3 Å². The molecule has 1 aliphatic heterocycles. The molecular formula is C16H20N4O. The molecule has 0 radical (unpaired) electrons. The number of nitrogens with zero attached hydrogens (tertiary/aromatic N) is 3. The third kappa shape index (κ3) is 2.56. The summed E-state index contributed by atoms with van der Waals surface area (Å²) in [6, 6.07) is 8.17. The van der Waals surface area contributed by atoms with Crippen LogP contribution in [0.3, 0.4) is 0 Å². The molecule has 1 aromatic carbocycles. The normalized spacial score (nSPS) is 16.5. The summed E-state index contributed by atoms with van der Waals surface area (Å²) in [5.41, 5.74) is 9.77. The second-order valence-corrected chi connectivity index (χ2v) is 5.56. The first-order valence-electron chi connectivity index (χ1n) is 7.10. The van der Waals surface area contributed by atoms with E-state index in [9.17, 15) is 0 Å². The van der Waals surface area contributed by atoms with E-state index in [2.05, 4.69) is 16.0 Å². The monoisotopic (exact) mass is 284 g/mol. The van der Waals surface area contributed by atoms with Crippen LogP contribution in [0.4, 0.5) is 5.95 Å². The average molecular weight is 284 g/mol. The molecule has 1 aromatic heterocycles. The summed E-state index contributed by atoms with van der Waals surface area (Å²) in [4.78, 5) is 11.0. The quantitative estimate of drug-likeness (QED) is 0.930. The van der Waals surface area contributed by atoms with Gasteiger partial charge in [0, 0.05) is 38.3 Å². The van der Waals surface area contributed by atoms with Crippen molar-refractivity contribution in [2.45, 2.75) is 19.4 Å². The maximum absolute atomic E-state index is 5.98. The second kappa shape index (κ2) is 5.33. The first-order chi connectivity index (χ1) is 10.1. The van der Waals surface area contributed by atoms with Gasteiger partial charge in [0.05, 0.1) is 5.69 Å². The van der Waals surface area contributed by atoms with Gasteiger partial charge in [0.2, 0.25) is 5.95 Å². The maximum atomic E-state index is 5.98. The van der Waals surface area contributed by atoms with Gasteiger partial charge >= 0.3 is 0 Å². The van der Waals surface area contributed by atoms with Crippen LogP contribution in [0, 0.1) is 6.92 Å². The second-order valence-electron chi connectivity index (χ2n) is 5.56. The van der Waals surface area contributed by atoms with E-state index in [-0.39, 0.29) is 6.10 Å². The van der Waals surface area contributed by atoms with E-state index in [4.69, 9.17) is 10.5 Å². The van der Waals surface area contributed by atoms with Gasteiger partial charge in [-0.15, -0.1) is 0 Å². The number of hydrogen-bond donors (Lipinski definition) is 1. The summed E-state index contributed by atoms with van der Waals surface area (Å²) < 4.78 is 5.98. The van der Waals surface area contributed by atoms with Gasteiger partial charge in [-0.05, 0) is 24.6 Å². The molecule has 2 aromatic rings. The van der Waals surface area contributed by atoms with E-state index >= 15 is 0 Å². The Morgan fingerprint density at radius 2 is 2.14 bits per heavy atom. The fourth-order valence-electron chi connectivity index (χ4n) is 2.56. The van der Waals surface area contributed by atoms with Crippen molar-refractivity contribution in [3.63, 3.8) is 0 Å². The predicted octanol–water partition coefficient (Wildman–Crippen LogP) is 1.78. The molecule has 0 aliphatic carbocycles. The van der Waals surface area contributed by atoms with Crippen molar-refractivity contribution in [1.82, 2.24) is 9.97 Å². The Labute approximate surface area is 124 Å². The molecule has 0 saturated carbocycles. The standard InChI is InChI=1S/C16H20N4O/c1-10-7-14(19-16(18-10)20(2)3)13-6-4-5-11-8-12(9-17)21-15(11)13/h4-7,12H,8-9,17H2,1-3H3. The largest absolute Gasteiger partial charge is 0.488 e. The van der Waals surface area contributed by atoms with E-state index in [1.807, 2.05) is 44.1 Å². The van der Waals surface area contributed by atoms with E-state index in [1.165, 1.54) is 5.56 Å². The number of hydrogen-bond acceptors (Lipinski definition) is 5. The molecule has 21 heavy (non-hydrogen) atoms. The molecule has 0 saturated heterocycles. The summed E-state index contributed by atoms with van der Waals surface area (Å²) in [6.45, 7) is 2.50. The van der Waals surface area contributed by atoms with Crippen LogP contribution in [-0.4, -0.2) is 36.7 Å². The molecule has 5 nitrogen and oxygen atoms in total. The van der Waals surface area contributed by atoms with Gasteiger partial charge in [0.25, 0.3) is 0 Å². The van der Waals surface area contributed by atoms with Crippen molar-refractivity contribution in [2.24, 2.45) is 5.73 Å². The van der Waals surface area contributed by atoms with Crippen LogP contribution in [0.1, 0.15) is 11.3 Å². The first-order valence-corrected chi connectivity index (χ1v) is 7.10. The summed E-state index contributed by atoms with van der Waals surface area (Å²) in [5.74, 6) is 1.62. The highest BCUT2D eigenvalue weighted by Gasteiger charge is 2.25. The molecular weight excluding hydrogens is 264 g/mol. The van der Waals surface area contributed by atoms with Crippen molar-refractivity contribution in [1.29, 1.82) is 0 Å². The highest BCUT2D eigenvalue weighted by Crippen LogP contribution is 2.38. The SMILES string of the molecule is Cc1cc(-c2cccc3c2OC(CN)C3)nc(N(C)C)n1. The van der Waals surface area contributed by atoms with Crippen LogP contribution >= 0.6 is 0 Å². The summed E-state index contributed by atoms with van der Waals surface area (Å²) in [6.07, 6.45) is 0.932. The number of anilines is 1. The number of benzene rings is 1. The zero-order chi connectivity index (χ0) is 15.0. The minimum Gasteiger partial charge on any atom is -0.488 e. The Bertz CT molecular complexity index is 669. The zero-order valence-corrected chi connectivity index (χ0v) is 12.6. The molecule has 1 unspecified atom stereocenters. The number of aromatic nitrogens is 2. The van der Waals surface area contributed by atoms with Crippen LogP contribution in [0.2, 0.25) is 0 Å². The molecule has 1 atom stereocenters. The van der Waals surface area contributed by atoms with Crippen molar-refractivity contribution in [3.8, 4) is 17.0 Å². The third-order valence-electron chi connectivity index (χ3n) is 3.61. The van der Waals surface area contributed by atoms with Crippen LogP contribution in [0.15, 0.2) is 24.3 Å². The summed E-state index contributed by atoms with van der Waals surface area (Å²) >= 11 is 0. The average Bonchev–Trinajstić information content (AvgIpc) is 2.89. The maximum Gasteiger partial charge on any atom is 0.225 e. The van der Waals surface area contributed by atoms with Crippen LogP contribution in [0.25, 0.3) is 11.3 Å². The predicted molar refractivity (Wildman–Crippen MR) is 83.7 cm³/mol. The number of ether oxygens (including phenoxy) is 1. The van der Waals surface area contributed by atoms with Crippen LogP contribution < -0.4 is 15.4 Å². The lowest BCUT2D eigenvalue weighted by atomic mass is 10.0. The molecule has 0 bridgehead atoms. The lowest BCUT2D eigenvalue weighted by Gasteiger charge is -2.14. The Balaban J connectivity index is 2.09. The first kappa shape index (κ1) is 13.8. The van der Waals surface area contributed by atoms with Gasteiger partial charge in [-0.2, -0.15) is 0 Å². The van der Waals surface area contributed by atoms with E-state index < -0.39 is 0 Å². The minimum atomic E-state index is 0.0670. The molecule has 5 heteroatoms. The Morgan fingerprint density at radius 3 is 2.86 bits per heavy atom. The van der Waals surface area contributed by atoms with Gasteiger partial charge in [-0.3, -0.25) is 0 Å². The van der Waals surface area contributed by atoms with Gasteiger partial charge in [-0.25, -0.2) is 9.97 Å². The lowest BCUT2D eigenvalue weighted by molar-refractivity contribution is 0.242. The highest BCUT2D eigenvalue weighted by atomic mass is 16.5. The number of fused-ring (bicyclic) bond motifs is 1. The minimum absolute atomic E-state index is 0.0670. The number of para-hydroxylation sites is 1. The fraction of sp³-hybridized carbons (Fsp3) is 0.375. The van der Waals surface area contributed by atoms with Crippen LogP contribution in [0.5, 0.6) is 5.75 Å². The van der Waals surface area contributed by atoms with Crippen molar-refractivity contribution in [3.05, 3.63) is 35.5 Å². The van der Waals surface area contributed by atoms with Gasteiger partial charge in [0.1, 0.15) is 11.9 Å². The van der Waals surface area contributed by atoms with Gasteiger partial charge in [-0.1, -0.05) is 12.1 Å². The molecule has 3 rings (SSSR count). The van der Waals surface area contributed by atoms with E-state index in [0.717, 1.165) is 29.1 Å². The Hall–Kier alpha value is -2.14. The number of nitrogens with two attached hydrogens (primary N) is 1. The molecule has 2 N–H and O–H groups in total. The molecule has 110 valence electrons. The lowest BCUT2D eigenvalue weighted by Crippen LogP contribution is -2.24. The van der Waals surface area contributed by atoms with Crippen molar-refractivity contribution >= 4 is 5.95 Å². The van der Waals surface area contributed by atoms with Crippen molar-refractivity contribution < 1.29 is 4.74 Å². The fourth-order valence-corrected chi connectivity index (χ4v) is 2.56. The summed E-state index contributed by atoms with van der Waals surface area (Å²) in [5, 5.41) is 0. The third-order valence-corrected chi connectivity index (χ3v) is 3.61. The highest BCUT2D eigenvalue weighted by molar-refractivity contribution is 5.71. The Morgan fingerprint density at radius 1 is 1.33 bits per heavy atom. The van der Waals surface area contributed by atoms with Crippen LogP contribution in [-0.2, 0) is 6.42 Å². The number of rotatable bonds is 3. The zero-order valence-electron chi connectivity index (χ0n) is 12.6. The summed E-state index contributed by atoms with van der Waals surface area (Å²) in [7, 11) is 3.88. The van der Waals surface area contributed by atoms with Crippen molar-refractivity contribution in [2.75, 3.05) is 25.5 Å². The molecule has 0 amide bonds. The van der Waals surface area contributed by atoms with Gasteiger partial charge < -0.3 is 15.4 Å². The molecule has 0 fully saturated rings. The number of aryl methyl sites for hydroxylation is 1. The molecule has 2 heterocycles. The molecule has 0 spiro atoms. The Kier molecular flexibility index (Phi) is 3.51. The van der Waals surface area contributed by atoms with E-state index in [1.54, 1.807) is 0 Å². The smallest absolute Gasteiger partial charge is 0.225 e. The molecule has 1 aliphatic rings. The van der Waals surface area contributed by atoms with Gasteiger partial charge in [0.15, 0.2) is 0 Å².